The van der Waals surface area contributed by atoms with Crippen LogP contribution in [0.4, 0.5) is 0 Å². The molecule has 2 N–H and O–H groups in total. The maximum Gasteiger partial charge on any atom is 0.255 e. The molecular weight excluding hydrogens is 366 g/mol. The van der Waals surface area contributed by atoms with Crippen molar-refractivity contribution in [2.45, 2.75) is 6.92 Å². The van der Waals surface area contributed by atoms with Gasteiger partial charge in [-0.3, -0.25) is 4.79 Å². The standard InChI is InChI=1S/C22H19N5O2/c1-14-18(22(28)27-12-15(9-24)13-27)11-26-21(14)19(6-7-23)29-20-8-16-4-2-3-5-17(16)10-25-20/h2-8,10-11,15,23,26H,12-13H2,1H3/b19-6+,23-7?. The molecule has 0 saturated carbocycles. The highest BCUT2D eigenvalue weighted by Crippen LogP contribution is 2.27. The number of pyridine rings is 1. The second-order valence-electron chi connectivity index (χ2n) is 6.91. The summed E-state index contributed by atoms with van der Waals surface area (Å²) in [6, 6.07) is 11.8. The van der Waals surface area contributed by atoms with Crippen LogP contribution >= 0.6 is 0 Å². The number of nitrogens with zero attached hydrogens (tertiary/aromatic N) is 3. The predicted molar refractivity (Wildman–Crippen MR) is 110 cm³/mol. The van der Waals surface area contributed by atoms with Gasteiger partial charge in [-0.15, -0.1) is 0 Å². The number of nitrogens with one attached hydrogen (secondary N) is 2. The molecule has 144 valence electrons. The molecule has 29 heavy (non-hydrogen) atoms. The molecule has 7 heteroatoms. The Labute approximate surface area is 167 Å². The number of H-pyrrole nitrogens is 1. The molecule has 2 aromatic heterocycles. The lowest BCUT2D eigenvalue weighted by Gasteiger charge is -2.35. The van der Waals surface area contributed by atoms with Gasteiger partial charge in [0, 0.05) is 49.2 Å². The van der Waals surface area contributed by atoms with Crippen molar-refractivity contribution in [3.8, 4) is 11.9 Å². The average molecular weight is 385 g/mol. The molecule has 1 saturated heterocycles. The lowest BCUT2D eigenvalue weighted by molar-refractivity contribution is 0.0577. The third kappa shape index (κ3) is 3.48. The molecule has 0 aliphatic carbocycles. The number of amides is 1. The Morgan fingerprint density at radius 1 is 1.38 bits per heavy atom. The molecule has 3 aromatic rings. The SMILES string of the molecule is Cc1c(C(=O)N2CC(C#N)C2)c[nH]c1/C(=C\C=N)Oc1cc2ccccc2cn1. The first-order valence-corrected chi connectivity index (χ1v) is 9.21. The third-order valence-electron chi connectivity index (χ3n) is 5.02. The van der Waals surface area contributed by atoms with E-state index in [1.165, 1.54) is 6.08 Å². The number of carbonyl (C=O) groups is 1. The van der Waals surface area contributed by atoms with Crippen LogP contribution in [-0.2, 0) is 0 Å². The number of nitriles is 1. The Morgan fingerprint density at radius 2 is 2.14 bits per heavy atom. The van der Waals surface area contributed by atoms with Crippen LogP contribution in [0.3, 0.4) is 0 Å². The molecule has 1 aliphatic heterocycles. The molecule has 0 radical (unpaired) electrons. The van der Waals surface area contributed by atoms with Gasteiger partial charge in [-0.25, -0.2) is 4.98 Å². The van der Waals surface area contributed by atoms with Crippen molar-refractivity contribution < 1.29 is 9.53 Å². The Morgan fingerprint density at radius 3 is 2.86 bits per heavy atom. The highest BCUT2D eigenvalue weighted by molar-refractivity contribution is 5.97. The first kappa shape index (κ1) is 18.4. The van der Waals surface area contributed by atoms with E-state index in [4.69, 9.17) is 15.4 Å². The Hall–Kier alpha value is -3.92. The van der Waals surface area contributed by atoms with Gasteiger partial charge < -0.3 is 20.0 Å². The van der Waals surface area contributed by atoms with Crippen LogP contribution in [0.2, 0.25) is 0 Å². The molecule has 1 fully saturated rings. The summed E-state index contributed by atoms with van der Waals surface area (Å²) in [4.78, 5) is 21.8. The number of allylic oxidation sites excluding steroid dienone is 1. The Balaban J connectivity index is 1.60. The molecule has 1 aliphatic rings. The van der Waals surface area contributed by atoms with Crippen LogP contribution in [0.5, 0.6) is 5.88 Å². The number of aromatic amines is 1. The first-order valence-electron chi connectivity index (χ1n) is 9.21. The van der Waals surface area contributed by atoms with Crippen molar-refractivity contribution in [3.63, 3.8) is 0 Å². The van der Waals surface area contributed by atoms with E-state index in [0.717, 1.165) is 22.6 Å². The minimum Gasteiger partial charge on any atom is -0.437 e. The van der Waals surface area contributed by atoms with Gasteiger partial charge >= 0.3 is 0 Å². The molecule has 7 nitrogen and oxygen atoms in total. The highest BCUT2D eigenvalue weighted by atomic mass is 16.5. The van der Waals surface area contributed by atoms with Crippen LogP contribution < -0.4 is 4.74 Å². The molecule has 1 aromatic carbocycles. The second-order valence-corrected chi connectivity index (χ2v) is 6.91. The maximum absolute atomic E-state index is 12.7. The summed E-state index contributed by atoms with van der Waals surface area (Å²) in [6.45, 7) is 2.74. The summed E-state index contributed by atoms with van der Waals surface area (Å²) in [7, 11) is 0. The third-order valence-corrected chi connectivity index (χ3v) is 5.02. The van der Waals surface area contributed by atoms with Crippen LogP contribution in [0, 0.1) is 29.6 Å². The lowest BCUT2D eigenvalue weighted by Crippen LogP contribution is -2.49. The first-order chi connectivity index (χ1) is 14.1. The fourth-order valence-corrected chi connectivity index (χ4v) is 3.35. The number of likely N-dealkylation sites (tertiary alicyclic amines) is 1. The number of carbonyl (C=O) groups excluding carboxylic acids is 1. The normalized spacial score (nSPS) is 14.3. The van der Waals surface area contributed by atoms with Gasteiger partial charge in [-0.05, 0) is 17.9 Å². The van der Waals surface area contributed by atoms with Crippen LogP contribution in [-0.4, -0.2) is 40.1 Å². The summed E-state index contributed by atoms with van der Waals surface area (Å²) in [6.07, 6.45) is 6.02. The number of hydrogen-bond donors (Lipinski definition) is 2. The zero-order valence-electron chi connectivity index (χ0n) is 15.8. The number of hydrogen-bond acceptors (Lipinski definition) is 5. The van der Waals surface area contributed by atoms with E-state index < -0.39 is 0 Å². The Kier molecular flexibility index (Phi) is 4.83. The van der Waals surface area contributed by atoms with E-state index >= 15 is 0 Å². The topological polar surface area (TPSA) is 106 Å². The van der Waals surface area contributed by atoms with Gasteiger partial charge in [0.05, 0.1) is 23.2 Å². The predicted octanol–water partition coefficient (Wildman–Crippen LogP) is 3.54. The second kappa shape index (κ2) is 7.60. The number of fused-ring (bicyclic) bond motifs is 1. The zero-order valence-corrected chi connectivity index (χ0v) is 15.8. The lowest BCUT2D eigenvalue weighted by atomic mass is 10.00. The number of benzene rings is 1. The van der Waals surface area contributed by atoms with E-state index in [2.05, 4.69) is 16.0 Å². The molecule has 0 unspecified atom stereocenters. The van der Waals surface area contributed by atoms with Gasteiger partial charge in [0.1, 0.15) is 0 Å². The fourth-order valence-electron chi connectivity index (χ4n) is 3.35. The van der Waals surface area contributed by atoms with E-state index in [1.807, 2.05) is 37.3 Å². The molecule has 0 spiro atoms. The van der Waals surface area contributed by atoms with Crippen molar-refractivity contribution in [2.75, 3.05) is 13.1 Å². The van der Waals surface area contributed by atoms with Gasteiger partial charge in [0.25, 0.3) is 5.91 Å². The molecule has 4 rings (SSSR count). The van der Waals surface area contributed by atoms with E-state index in [0.29, 0.717) is 36.0 Å². The summed E-state index contributed by atoms with van der Waals surface area (Å²) in [5.41, 5.74) is 1.87. The van der Waals surface area contributed by atoms with Crippen LogP contribution in [0.1, 0.15) is 21.6 Å². The minimum atomic E-state index is -0.116. The van der Waals surface area contributed by atoms with Gasteiger partial charge in [-0.2, -0.15) is 5.26 Å². The van der Waals surface area contributed by atoms with E-state index in [-0.39, 0.29) is 11.8 Å². The number of aromatic nitrogens is 2. The molecule has 0 atom stereocenters. The smallest absolute Gasteiger partial charge is 0.255 e. The molecule has 0 bridgehead atoms. The van der Waals surface area contributed by atoms with Crippen molar-refractivity contribution >= 4 is 28.7 Å². The van der Waals surface area contributed by atoms with Gasteiger partial charge in [-0.1, -0.05) is 24.3 Å². The quantitative estimate of drug-likeness (QED) is 0.517. The Bertz CT molecular complexity index is 1170. The van der Waals surface area contributed by atoms with Gasteiger partial charge in [0.2, 0.25) is 5.88 Å². The average Bonchev–Trinajstić information content (AvgIpc) is 3.08. The highest BCUT2D eigenvalue weighted by Gasteiger charge is 2.32. The molecule has 1 amide bonds. The molecular formula is C22H19N5O2. The van der Waals surface area contributed by atoms with Crippen molar-refractivity contribution in [1.29, 1.82) is 10.7 Å². The summed E-state index contributed by atoms with van der Waals surface area (Å²) < 4.78 is 5.96. The van der Waals surface area contributed by atoms with E-state index in [9.17, 15) is 4.79 Å². The maximum atomic E-state index is 12.7. The number of rotatable bonds is 5. The van der Waals surface area contributed by atoms with Crippen molar-refractivity contribution in [2.24, 2.45) is 5.92 Å². The number of ether oxygens (including phenoxy) is 1. The van der Waals surface area contributed by atoms with Crippen molar-refractivity contribution in [1.82, 2.24) is 14.9 Å². The largest absolute Gasteiger partial charge is 0.437 e. The van der Waals surface area contributed by atoms with Crippen LogP contribution in [0.25, 0.3) is 16.5 Å². The molecule has 3 heterocycles. The van der Waals surface area contributed by atoms with Crippen LogP contribution in [0.15, 0.2) is 48.8 Å². The summed E-state index contributed by atoms with van der Waals surface area (Å²) >= 11 is 0. The van der Waals surface area contributed by atoms with E-state index in [1.54, 1.807) is 17.3 Å². The summed E-state index contributed by atoms with van der Waals surface area (Å²) in [5, 5.41) is 18.4. The zero-order chi connectivity index (χ0) is 20.4. The monoisotopic (exact) mass is 385 g/mol. The minimum absolute atomic E-state index is 0.0895. The van der Waals surface area contributed by atoms with Crippen molar-refractivity contribution in [3.05, 3.63) is 65.6 Å². The summed E-state index contributed by atoms with van der Waals surface area (Å²) in [5.74, 6) is 0.596. The fraction of sp³-hybridized carbons (Fsp3) is 0.182. The van der Waals surface area contributed by atoms with Gasteiger partial charge in [0.15, 0.2) is 5.76 Å².